The Morgan fingerprint density at radius 1 is 1.29 bits per heavy atom. The van der Waals surface area contributed by atoms with Crippen molar-refractivity contribution in [3.63, 3.8) is 0 Å². The minimum Gasteiger partial charge on any atom is -0.492 e. The van der Waals surface area contributed by atoms with Gasteiger partial charge in [0, 0.05) is 17.1 Å². The summed E-state index contributed by atoms with van der Waals surface area (Å²) in [4.78, 5) is 27.8. The molecule has 0 fully saturated rings. The number of halogens is 1. The number of amides is 1. The maximum Gasteiger partial charge on any atom is 0.262 e. The molecule has 1 aromatic heterocycles. The second-order valence-corrected chi connectivity index (χ2v) is 6.78. The van der Waals surface area contributed by atoms with Gasteiger partial charge in [0.25, 0.3) is 11.5 Å². The first-order chi connectivity index (χ1) is 13.5. The number of hydrogen-bond donors (Lipinski definition) is 2. The van der Waals surface area contributed by atoms with E-state index in [1.165, 1.54) is 4.57 Å². The summed E-state index contributed by atoms with van der Waals surface area (Å²) < 4.78 is 7.24. The highest BCUT2D eigenvalue weighted by molar-refractivity contribution is 7.71. The van der Waals surface area contributed by atoms with Gasteiger partial charge < -0.3 is 15.0 Å². The molecule has 8 heteroatoms. The maximum absolute atomic E-state index is 12.5. The lowest BCUT2D eigenvalue weighted by Gasteiger charge is -2.09. The van der Waals surface area contributed by atoms with E-state index < -0.39 is 0 Å². The van der Waals surface area contributed by atoms with E-state index in [-0.39, 0.29) is 16.2 Å². The highest BCUT2D eigenvalue weighted by atomic mass is 35.5. The molecule has 0 radical (unpaired) electrons. The maximum atomic E-state index is 12.5. The van der Waals surface area contributed by atoms with Gasteiger partial charge in [-0.1, -0.05) is 17.7 Å². The monoisotopic (exact) mass is 415 g/mol. The van der Waals surface area contributed by atoms with Crippen molar-refractivity contribution < 1.29 is 9.53 Å². The normalized spacial score (nSPS) is 10.6. The Balaban J connectivity index is 1.67. The number of rotatable bonds is 7. The van der Waals surface area contributed by atoms with Crippen LogP contribution in [0.2, 0.25) is 5.02 Å². The molecule has 0 aliphatic heterocycles. The SMILES string of the molecule is C=CCn1c(=S)[nH]c2cc(C(=O)NCCOc3ccc(Cl)cc3)ccc2c1=O. The largest absolute Gasteiger partial charge is 0.492 e. The van der Waals surface area contributed by atoms with Crippen LogP contribution in [0.25, 0.3) is 10.9 Å². The Morgan fingerprint density at radius 3 is 2.75 bits per heavy atom. The standard InChI is InChI=1S/C20H18ClN3O3S/c1-2-10-24-19(26)16-8-3-13(12-17(16)23-20(24)28)18(25)22-9-11-27-15-6-4-14(21)5-7-15/h2-8,12H,1,9-11H2,(H,22,25)(H,23,28). The van der Waals surface area contributed by atoms with Gasteiger partial charge in [0.2, 0.25) is 0 Å². The van der Waals surface area contributed by atoms with E-state index in [0.29, 0.717) is 46.9 Å². The van der Waals surface area contributed by atoms with Crippen LogP contribution in [0.3, 0.4) is 0 Å². The van der Waals surface area contributed by atoms with Crippen LogP contribution in [0.5, 0.6) is 5.75 Å². The number of allylic oxidation sites excluding steroid dienone is 1. The summed E-state index contributed by atoms with van der Waals surface area (Å²) >= 11 is 11.0. The average molecular weight is 416 g/mol. The van der Waals surface area contributed by atoms with Crippen LogP contribution < -0.4 is 15.6 Å². The summed E-state index contributed by atoms with van der Waals surface area (Å²) in [5.41, 5.74) is 0.716. The number of aromatic nitrogens is 2. The molecule has 0 saturated carbocycles. The van der Waals surface area contributed by atoms with Crippen LogP contribution >= 0.6 is 23.8 Å². The number of aromatic amines is 1. The number of ether oxygens (including phenoxy) is 1. The van der Waals surface area contributed by atoms with Gasteiger partial charge in [-0.15, -0.1) is 6.58 Å². The molecule has 3 rings (SSSR count). The van der Waals surface area contributed by atoms with Crippen LogP contribution in [0, 0.1) is 4.77 Å². The minimum absolute atomic E-state index is 0.220. The third kappa shape index (κ3) is 4.49. The van der Waals surface area contributed by atoms with Crippen molar-refractivity contribution >= 4 is 40.6 Å². The smallest absolute Gasteiger partial charge is 0.262 e. The summed E-state index contributed by atoms with van der Waals surface area (Å²) in [5, 5.41) is 3.87. The Morgan fingerprint density at radius 2 is 2.04 bits per heavy atom. The van der Waals surface area contributed by atoms with Crippen LogP contribution in [0.4, 0.5) is 0 Å². The highest BCUT2D eigenvalue weighted by Crippen LogP contribution is 2.15. The summed E-state index contributed by atoms with van der Waals surface area (Å²) in [6.07, 6.45) is 1.60. The van der Waals surface area contributed by atoms with Crippen LogP contribution in [0.1, 0.15) is 10.4 Å². The topological polar surface area (TPSA) is 76.1 Å². The van der Waals surface area contributed by atoms with E-state index in [9.17, 15) is 9.59 Å². The van der Waals surface area contributed by atoms with Crippen molar-refractivity contribution in [2.75, 3.05) is 13.2 Å². The fourth-order valence-corrected chi connectivity index (χ4v) is 3.05. The molecule has 0 saturated heterocycles. The van der Waals surface area contributed by atoms with E-state index in [1.54, 1.807) is 48.5 Å². The fraction of sp³-hybridized carbons (Fsp3) is 0.150. The third-order valence-corrected chi connectivity index (χ3v) is 4.60. The number of H-pyrrole nitrogens is 1. The molecule has 2 aromatic carbocycles. The Kier molecular flexibility index (Phi) is 6.28. The van der Waals surface area contributed by atoms with Crippen molar-refractivity contribution in [3.05, 3.63) is 80.8 Å². The lowest BCUT2D eigenvalue weighted by atomic mass is 10.1. The van der Waals surface area contributed by atoms with Crippen LogP contribution in [0.15, 0.2) is 59.9 Å². The second-order valence-electron chi connectivity index (χ2n) is 5.95. The molecule has 0 unspecified atom stereocenters. The van der Waals surface area contributed by atoms with E-state index in [1.807, 2.05) is 0 Å². The average Bonchev–Trinajstić information content (AvgIpc) is 2.69. The number of nitrogens with one attached hydrogen (secondary N) is 2. The fourth-order valence-electron chi connectivity index (χ4n) is 2.66. The van der Waals surface area contributed by atoms with Gasteiger partial charge in [-0.2, -0.15) is 0 Å². The molecule has 0 atom stereocenters. The van der Waals surface area contributed by atoms with Gasteiger partial charge >= 0.3 is 0 Å². The molecule has 144 valence electrons. The number of hydrogen-bond acceptors (Lipinski definition) is 4. The molecular formula is C20H18ClN3O3S. The lowest BCUT2D eigenvalue weighted by molar-refractivity contribution is 0.0947. The van der Waals surface area contributed by atoms with E-state index in [4.69, 9.17) is 28.6 Å². The van der Waals surface area contributed by atoms with Gasteiger partial charge in [0.1, 0.15) is 12.4 Å². The van der Waals surface area contributed by atoms with Gasteiger partial charge in [-0.05, 0) is 54.7 Å². The number of carbonyl (C=O) groups excluding carboxylic acids is 1. The van der Waals surface area contributed by atoms with Gasteiger partial charge in [0.05, 0.1) is 17.4 Å². The number of nitrogens with zero attached hydrogens (tertiary/aromatic N) is 1. The molecule has 6 nitrogen and oxygen atoms in total. The predicted octanol–water partition coefficient (Wildman–Crippen LogP) is 3.71. The number of benzene rings is 2. The number of fused-ring (bicyclic) bond motifs is 1. The summed E-state index contributed by atoms with van der Waals surface area (Å²) in [6.45, 7) is 4.59. The summed E-state index contributed by atoms with van der Waals surface area (Å²) in [5.74, 6) is 0.406. The van der Waals surface area contributed by atoms with Crippen molar-refractivity contribution in [3.8, 4) is 5.75 Å². The lowest BCUT2D eigenvalue weighted by Crippen LogP contribution is -2.28. The highest BCUT2D eigenvalue weighted by Gasteiger charge is 2.10. The molecule has 0 bridgehead atoms. The quantitative estimate of drug-likeness (QED) is 0.350. The Bertz CT molecular complexity index is 1140. The molecule has 28 heavy (non-hydrogen) atoms. The van der Waals surface area contributed by atoms with Crippen molar-refractivity contribution in [2.45, 2.75) is 6.54 Å². The summed E-state index contributed by atoms with van der Waals surface area (Å²) in [7, 11) is 0. The molecule has 0 aliphatic carbocycles. The van der Waals surface area contributed by atoms with Gasteiger partial charge in [0.15, 0.2) is 4.77 Å². The molecule has 0 aliphatic rings. The van der Waals surface area contributed by atoms with Gasteiger partial charge in [-0.25, -0.2) is 0 Å². The molecule has 1 heterocycles. The first-order valence-electron chi connectivity index (χ1n) is 8.54. The van der Waals surface area contributed by atoms with Crippen molar-refractivity contribution in [2.24, 2.45) is 0 Å². The first kappa shape index (κ1) is 19.9. The predicted molar refractivity (Wildman–Crippen MR) is 113 cm³/mol. The Hall–Kier alpha value is -2.90. The van der Waals surface area contributed by atoms with Crippen molar-refractivity contribution in [1.82, 2.24) is 14.9 Å². The molecular weight excluding hydrogens is 398 g/mol. The third-order valence-electron chi connectivity index (χ3n) is 4.03. The second kappa shape index (κ2) is 8.86. The molecule has 2 N–H and O–H groups in total. The molecule has 0 spiro atoms. The van der Waals surface area contributed by atoms with E-state index in [0.717, 1.165) is 0 Å². The summed E-state index contributed by atoms with van der Waals surface area (Å²) in [6, 6.07) is 11.8. The minimum atomic E-state index is -0.267. The molecule has 3 aromatic rings. The van der Waals surface area contributed by atoms with Crippen molar-refractivity contribution in [1.29, 1.82) is 0 Å². The van der Waals surface area contributed by atoms with Gasteiger partial charge in [-0.3, -0.25) is 14.2 Å². The zero-order chi connectivity index (χ0) is 20.1. The van der Waals surface area contributed by atoms with Crippen LogP contribution in [-0.4, -0.2) is 28.6 Å². The Labute approximate surface area is 171 Å². The van der Waals surface area contributed by atoms with Crippen LogP contribution in [-0.2, 0) is 6.54 Å². The zero-order valence-corrected chi connectivity index (χ0v) is 16.5. The van der Waals surface area contributed by atoms with E-state index >= 15 is 0 Å². The first-order valence-corrected chi connectivity index (χ1v) is 9.32. The zero-order valence-electron chi connectivity index (χ0n) is 14.9. The molecule has 1 amide bonds. The van der Waals surface area contributed by atoms with E-state index in [2.05, 4.69) is 16.9 Å². The number of carbonyl (C=O) groups is 1.